The lowest BCUT2D eigenvalue weighted by Crippen LogP contribution is -2.33. The minimum Gasteiger partial charge on any atom is -0.396 e. The van der Waals surface area contributed by atoms with E-state index in [0.717, 1.165) is 32.2 Å². The van der Waals surface area contributed by atoms with Crippen LogP contribution in [0.4, 0.5) is 0 Å². The molecule has 0 bridgehead atoms. The van der Waals surface area contributed by atoms with Gasteiger partial charge in [-0.2, -0.15) is 0 Å². The fraction of sp³-hybridized carbons (Fsp3) is 0.857. The second kappa shape index (κ2) is 12.9. The van der Waals surface area contributed by atoms with E-state index in [1.165, 1.54) is 0 Å². The van der Waals surface area contributed by atoms with Crippen LogP contribution in [0.2, 0.25) is 0 Å². The van der Waals surface area contributed by atoms with Gasteiger partial charge >= 0.3 is 0 Å². The first-order valence-electron chi connectivity index (χ1n) is 7.38. The summed E-state index contributed by atoms with van der Waals surface area (Å²) in [5.74, 6) is 0.0467. The van der Waals surface area contributed by atoms with Crippen LogP contribution in [0, 0.1) is 0 Å². The lowest BCUT2D eigenvalue weighted by molar-refractivity contribution is -0.120. The molecule has 6 nitrogen and oxygen atoms in total. The number of hydrogen-bond acceptors (Lipinski definition) is 4. The molecule has 2 amide bonds. The average Bonchev–Trinajstić information content (AvgIpc) is 2.47. The quantitative estimate of drug-likeness (QED) is 0.445. The zero-order chi connectivity index (χ0) is 15.2. The van der Waals surface area contributed by atoms with Crippen LogP contribution >= 0.6 is 0 Å². The molecule has 0 spiro atoms. The standard InChI is InChI=1S/C14H29N3O3/c1-15-13(19)7-10-17(11-8-14(20)16-2)9-5-3-4-6-12-18/h18H,3-12H2,1-2H3,(H,15,19)(H,16,20). The molecule has 0 aromatic rings. The van der Waals surface area contributed by atoms with Gasteiger partial charge < -0.3 is 20.6 Å². The number of nitrogens with zero attached hydrogens (tertiary/aromatic N) is 1. The van der Waals surface area contributed by atoms with Crippen molar-refractivity contribution in [3.05, 3.63) is 0 Å². The number of hydrogen-bond donors (Lipinski definition) is 3. The van der Waals surface area contributed by atoms with Crippen molar-refractivity contribution in [2.75, 3.05) is 40.3 Å². The first-order chi connectivity index (χ1) is 9.63. The van der Waals surface area contributed by atoms with Crippen LogP contribution in [0.5, 0.6) is 0 Å². The highest BCUT2D eigenvalue weighted by molar-refractivity contribution is 5.76. The van der Waals surface area contributed by atoms with E-state index < -0.39 is 0 Å². The van der Waals surface area contributed by atoms with Crippen molar-refractivity contribution >= 4 is 11.8 Å². The largest absolute Gasteiger partial charge is 0.396 e. The fourth-order valence-corrected chi connectivity index (χ4v) is 1.91. The Morgan fingerprint density at radius 1 is 0.850 bits per heavy atom. The first kappa shape index (κ1) is 18.9. The number of nitrogens with one attached hydrogen (secondary N) is 2. The maximum absolute atomic E-state index is 11.3. The fourth-order valence-electron chi connectivity index (χ4n) is 1.91. The SMILES string of the molecule is CNC(=O)CCN(CCCCCCO)CCC(=O)NC. The highest BCUT2D eigenvalue weighted by Gasteiger charge is 2.09. The third-order valence-electron chi connectivity index (χ3n) is 3.25. The van der Waals surface area contributed by atoms with Crippen molar-refractivity contribution in [1.29, 1.82) is 0 Å². The molecule has 0 aromatic heterocycles. The van der Waals surface area contributed by atoms with E-state index in [9.17, 15) is 9.59 Å². The predicted molar refractivity (Wildman–Crippen MR) is 79.4 cm³/mol. The van der Waals surface area contributed by atoms with Gasteiger partial charge in [-0.25, -0.2) is 0 Å². The lowest BCUT2D eigenvalue weighted by Gasteiger charge is -2.21. The molecule has 0 aliphatic carbocycles. The second-order valence-corrected chi connectivity index (χ2v) is 4.83. The van der Waals surface area contributed by atoms with Gasteiger partial charge in [0.2, 0.25) is 11.8 Å². The van der Waals surface area contributed by atoms with Crippen molar-refractivity contribution < 1.29 is 14.7 Å². The third-order valence-corrected chi connectivity index (χ3v) is 3.25. The Hall–Kier alpha value is -1.14. The smallest absolute Gasteiger partial charge is 0.221 e. The molecule has 0 saturated carbocycles. The number of carbonyl (C=O) groups excluding carboxylic acids is 2. The monoisotopic (exact) mass is 287 g/mol. The topological polar surface area (TPSA) is 81.7 Å². The van der Waals surface area contributed by atoms with Crippen LogP contribution in [0.15, 0.2) is 0 Å². The van der Waals surface area contributed by atoms with Crippen LogP contribution in [0.1, 0.15) is 38.5 Å². The molecular formula is C14H29N3O3. The summed E-state index contributed by atoms with van der Waals surface area (Å²) < 4.78 is 0. The molecule has 0 atom stereocenters. The van der Waals surface area contributed by atoms with Crippen LogP contribution < -0.4 is 10.6 Å². The number of unbranched alkanes of at least 4 members (excludes halogenated alkanes) is 3. The molecule has 0 aliphatic rings. The molecule has 0 fully saturated rings. The highest BCUT2D eigenvalue weighted by Crippen LogP contribution is 2.03. The summed E-state index contributed by atoms with van der Waals surface area (Å²) in [6.45, 7) is 2.49. The number of rotatable bonds is 12. The number of amides is 2. The summed E-state index contributed by atoms with van der Waals surface area (Å²) in [5.41, 5.74) is 0. The lowest BCUT2D eigenvalue weighted by atomic mass is 10.2. The summed E-state index contributed by atoms with van der Waals surface area (Å²) in [6.07, 6.45) is 4.88. The Balaban J connectivity index is 3.97. The average molecular weight is 287 g/mol. The molecule has 0 radical (unpaired) electrons. The molecule has 3 N–H and O–H groups in total. The highest BCUT2D eigenvalue weighted by atomic mass is 16.3. The van der Waals surface area contributed by atoms with E-state index in [4.69, 9.17) is 5.11 Å². The Kier molecular flexibility index (Phi) is 12.1. The van der Waals surface area contributed by atoms with Crippen LogP contribution in [-0.2, 0) is 9.59 Å². The summed E-state index contributed by atoms with van der Waals surface area (Å²) in [6, 6.07) is 0. The van der Waals surface area contributed by atoms with Gasteiger partial charge in [0, 0.05) is 46.6 Å². The Morgan fingerprint density at radius 2 is 1.35 bits per heavy atom. The molecule has 0 aliphatic heterocycles. The van der Waals surface area contributed by atoms with Crippen LogP contribution in [0.3, 0.4) is 0 Å². The van der Waals surface area contributed by atoms with E-state index >= 15 is 0 Å². The van der Waals surface area contributed by atoms with Crippen molar-refractivity contribution in [2.45, 2.75) is 38.5 Å². The summed E-state index contributed by atoms with van der Waals surface area (Å²) in [4.78, 5) is 24.7. The van der Waals surface area contributed by atoms with Gasteiger partial charge in [0.05, 0.1) is 0 Å². The van der Waals surface area contributed by atoms with Crippen molar-refractivity contribution in [3.63, 3.8) is 0 Å². The molecular weight excluding hydrogens is 258 g/mol. The normalized spacial score (nSPS) is 10.6. The van der Waals surface area contributed by atoms with Gasteiger partial charge in [-0.15, -0.1) is 0 Å². The summed E-state index contributed by atoms with van der Waals surface area (Å²) in [7, 11) is 3.26. The Morgan fingerprint density at radius 3 is 1.80 bits per heavy atom. The molecule has 0 rings (SSSR count). The number of aliphatic hydroxyl groups is 1. The maximum atomic E-state index is 11.3. The van der Waals surface area contributed by atoms with Crippen molar-refractivity contribution in [1.82, 2.24) is 15.5 Å². The van der Waals surface area contributed by atoms with Gasteiger partial charge in [0.15, 0.2) is 0 Å². The van der Waals surface area contributed by atoms with E-state index in [0.29, 0.717) is 25.9 Å². The van der Waals surface area contributed by atoms with Gasteiger partial charge in [-0.05, 0) is 19.4 Å². The van der Waals surface area contributed by atoms with E-state index in [2.05, 4.69) is 15.5 Å². The predicted octanol–water partition coefficient (Wildman–Crippen LogP) is 0.113. The maximum Gasteiger partial charge on any atom is 0.221 e. The van der Waals surface area contributed by atoms with Crippen molar-refractivity contribution in [3.8, 4) is 0 Å². The van der Waals surface area contributed by atoms with Crippen LogP contribution in [-0.4, -0.2) is 62.2 Å². The Bertz CT molecular complexity index is 252. The van der Waals surface area contributed by atoms with Gasteiger partial charge in [0.25, 0.3) is 0 Å². The first-order valence-corrected chi connectivity index (χ1v) is 7.38. The van der Waals surface area contributed by atoms with E-state index in [-0.39, 0.29) is 18.4 Å². The number of aliphatic hydroxyl groups excluding tert-OH is 1. The van der Waals surface area contributed by atoms with Gasteiger partial charge in [-0.3, -0.25) is 9.59 Å². The van der Waals surface area contributed by atoms with E-state index in [1.54, 1.807) is 14.1 Å². The third kappa shape index (κ3) is 10.8. The molecule has 118 valence electrons. The minimum atomic E-state index is 0.0234. The molecule has 0 aromatic carbocycles. The zero-order valence-electron chi connectivity index (χ0n) is 12.8. The van der Waals surface area contributed by atoms with Gasteiger partial charge in [0.1, 0.15) is 0 Å². The molecule has 0 heterocycles. The minimum absolute atomic E-state index is 0.0234. The van der Waals surface area contributed by atoms with Crippen molar-refractivity contribution in [2.24, 2.45) is 0 Å². The summed E-state index contributed by atoms with van der Waals surface area (Å²) >= 11 is 0. The zero-order valence-corrected chi connectivity index (χ0v) is 12.8. The molecule has 6 heteroatoms. The van der Waals surface area contributed by atoms with Gasteiger partial charge in [-0.1, -0.05) is 12.8 Å². The molecule has 0 saturated heterocycles. The second-order valence-electron chi connectivity index (χ2n) is 4.83. The number of carbonyl (C=O) groups is 2. The molecule has 20 heavy (non-hydrogen) atoms. The van der Waals surface area contributed by atoms with E-state index in [1.807, 2.05) is 0 Å². The molecule has 0 unspecified atom stereocenters. The summed E-state index contributed by atoms with van der Waals surface area (Å²) in [5, 5.41) is 13.9. The Labute approximate surface area is 121 Å². The van der Waals surface area contributed by atoms with Crippen LogP contribution in [0.25, 0.3) is 0 Å².